The molecule has 1 saturated carbocycles. The van der Waals surface area contributed by atoms with Crippen LogP contribution in [-0.2, 0) is 11.3 Å². The molecular formula is C15H19BrN2O. The molecule has 1 aromatic carbocycles. The third-order valence-electron chi connectivity index (χ3n) is 3.89. The summed E-state index contributed by atoms with van der Waals surface area (Å²) in [6.07, 6.45) is 4.44. The zero-order valence-electron chi connectivity index (χ0n) is 10.9. The van der Waals surface area contributed by atoms with Crippen LogP contribution in [0.1, 0.15) is 31.2 Å². The van der Waals surface area contributed by atoms with E-state index in [-0.39, 0.29) is 11.9 Å². The molecule has 2 fully saturated rings. The Balaban J connectivity index is 1.62. The van der Waals surface area contributed by atoms with Crippen LogP contribution in [0, 0.1) is 0 Å². The summed E-state index contributed by atoms with van der Waals surface area (Å²) in [6.45, 7) is 1.90. The molecule has 1 unspecified atom stereocenters. The van der Waals surface area contributed by atoms with Crippen LogP contribution in [0.5, 0.6) is 0 Å². The first kappa shape index (κ1) is 13.1. The van der Waals surface area contributed by atoms with Gasteiger partial charge in [0.2, 0.25) is 5.91 Å². The van der Waals surface area contributed by atoms with Gasteiger partial charge in [0.25, 0.3) is 0 Å². The number of carbonyl (C=O) groups excluding carboxylic acids is 1. The number of nitrogens with zero attached hydrogens (tertiary/aromatic N) is 1. The highest BCUT2D eigenvalue weighted by Gasteiger charge is 2.33. The maximum atomic E-state index is 12.2. The van der Waals surface area contributed by atoms with Crippen molar-refractivity contribution in [3.63, 3.8) is 0 Å². The van der Waals surface area contributed by atoms with Crippen LogP contribution in [0.25, 0.3) is 0 Å². The lowest BCUT2D eigenvalue weighted by molar-refractivity contribution is -0.125. The summed E-state index contributed by atoms with van der Waals surface area (Å²) in [5.41, 5.74) is 1.27. The number of likely N-dealkylation sites (tertiary alicyclic amines) is 1. The van der Waals surface area contributed by atoms with Crippen molar-refractivity contribution in [3.8, 4) is 0 Å². The van der Waals surface area contributed by atoms with E-state index in [0.29, 0.717) is 6.04 Å². The Morgan fingerprint density at radius 2 is 2.00 bits per heavy atom. The average Bonchev–Trinajstić information content (AvgIpc) is 3.08. The summed E-state index contributed by atoms with van der Waals surface area (Å²) in [6, 6.07) is 8.90. The molecule has 1 aromatic rings. The fraction of sp³-hybridized carbons (Fsp3) is 0.533. The van der Waals surface area contributed by atoms with Crippen molar-refractivity contribution in [1.29, 1.82) is 0 Å². The Hall–Kier alpha value is -0.870. The van der Waals surface area contributed by atoms with E-state index in [0.717, 1.165) is 43.2 Å². The lowest BCUT2D eigenvalue weighted by Gasteiger charge is -2.23. The largest absolute Gasteiger partial charge is 0.352 e. The number of hydrogen-bond donors (Lipinski definition) is 1. The Labute approximate surface area is 122 Å². The summed E-state index contributed by atoms with van der Waals surface area (Å²) in [5, 5.41) is 3.13. The predicted octanol–water partition coefficient (Wildman–Crippen LogP) is 2.69. The molecule has 0 spiro atoms. The number of halogens is 1. The first-order valence-electron chi connectivity index (χ1n) is 7.01. The van der Waals surface area contributed by atoms with E-state index in [2.05, 4.69) is 50.4 Å². The second kappa shape index (κ2) is 5.63. The summed E-state index contributed by atoms with van der Waals surface area (Å²) in [7, 11) is 0. The number of hydrogen-bond acceptors (Lipinski definition) is 2. The normalized spacial score (nSPS) is 23.5. The molecule has 102 valence electrons. The van der Waals surface area contributed by atoms with Gasteiger partial charge in [0.05, 0.1) is 6.04 Å². The smallest absolute Gasteiger partial charge is 0.237 e. The van der Waals surface area contributed by atoms with Crippen molar-refractivity contribution < 1.29 is 4.79 Å². The molecule has 1 N–H and O–H groups in total. The summed E-state index contributed by atoms with van der Waals surface area (Å²) >= 11 is 3.45. The van der Waals surface area contributed by atoms with Crippen LogP contribution < -0.4 is 5.32 Å². The molecule has 1 atom stereocenters. The molecule has 0 aromatic heterocycles. The van der Waals surface area contributed by atoms with Gasteiger partial charge in [-0.1, -0.05) is 28.1 Å². The molecule has 1 amide bonds. The van der Waals surface area contributed by atoms with Gasteiger partial charge in [-0.3, -0.25) is 9.69 Å². The number of benzene rings is 1. The number of nitrogens with one attached hydrogen (secondary N) is 1. The molecule has 0 bridgehead atoms. The van der Waals surface area contributed by atoms with Crippen molar-refractivity contribution in [2.24, 2.45) is 0 Å². The molecule has 1 aliphatic carbocycles. The van der Waals surface area contributed by atoms with E-state index in [1.807, 2.05) is 0 Å². The van der Waals surface area contributed by atoms with Crippen LogP contribution in [0.4, 0.5) is 0 Å². The zero-order chi connectivity index (χ0) is 13.2. The van der Waals surface area contributed by atoms with E-state index in [4.69, 9.17) is 0 Å². The van der Waals surface area contributed by atoms with Crippen LogP contribution in [-0.4, -0.2) is 29.4 Å². The van der Waals surface area contributed by atoms with E-state index in [9.17, 15) is 4.79 Å². The molecule has 1 aliphatic heterocycles. The standard InChI is InChI=1S/C15H19BrN2O/c16-12-5-3-11(4-6-12)10-18-9-1-2-14(18)15(19)17-13-7-8-13/h3-6,13-14H,1-2,7-10H2,(H,17,19). The molecule has 3 nitrogen and oxygen atoms in total. The van der Waals surface area contributed by atoms with Gasteiger partial charge < -0.3 is 5.32 Å². The zero-order valence-corrected chi connectivity index (χ0v) is 12.5. The molecule has 4 heteroatoms. The third-order valence-corrected chi connectivity index (χ3v) is 4.42. The van der Waals surface area contributed by atoms with Gasteiger partial charge in [0.1, 0.15) is 0 Å². The van der Waals surface area contributed by atoms with Crippen molar-refractivity contribution in [1.82, 2.24) is 10.2 Å². The van der Waals surface area contributed by atoms with Crippen LogP contribution in [0.3, 0.4) is 0 Å². The highest BCUT2D eigenvalue weighted by Crippen LogP contribution is 2.24. The van der Waals surface area contributed by atoms with Crippen LogP contribution in [0.15, 0.2) is 28.7 Å². The SMILES string of the molecule is O=C(NC1CC1)C1CCCN1Cc1ccc(Br)cc1. The Morgan fingerprint density at radius 3 is 2.68 bits per heavy atom. The Bertz CT molecular complexity index is 456. The second-order valence-electron chi connectivity index (χ2n) is 5.54. The van der Waals surface area contributed by atoms with Gasteiger partial charge in [0, 0.05) is 17.1 Å². The Morgan fingerprint density at radius 1 is 1.26 bits per heavy atom. The fourth-order valence-corrected chi connectivity index (χ4v) is 2.93. The topological polar surface area (TPSA) is 32.3 Å². The number of amides is 1. The van der Waals surface area contributed by atoms with E-state index < -0.39 is 0 Å². The first-order chi connectivity index (χ1) is 9.22. The lowest BCUT2D eigenvalue weighted by Crippen LogP contribution is -2.43. The second-order valence-corrected chi connectivity index (χ2v) is 6.45. The monoisotopic (exact) mass is 322 g/mol. The Kier molecular flexibility index (Phi) is 3.89. The minimum absolute atomic E-state index is 0.0734. The van der Waals surface area contributed by atoms with Gasteiger partial charge in [-0.25, -0.2) is 0 Å². The first-order valence-corrected chi connectivity index (χ1v) is 7.80. The van der Waals surface area contributed by atoms with E-state index in [1.54, 1.807) is 0 Å². The van der Waals surface area contributed by atoms with Crippen molar-refractivity contribution in [2.75, 3.05) is 6.54 Å². The van der Waals surface area contributed by atoms with Crippen molar-refractivity contribution in [3.05, 3.63) is 34.3 Å². The molecule has 3 rings (SSSR count). The lowest BCUT2D eigenvalue weighted by atomic mass is 10.1. The molecular weight excluding hydrogens is 304 g/mol. The van der Waals surface area contributed by atoms with Gasteiger partial charge in [-0.2, -0.15) is 0 Å². The van der Waals surface area contributed by atoms with Gasteiger partial charge in [-0.15, -0.1) is 0 Å². The van der Waals surface area contributed by atoms with Gasteiger partial charge >= 0.3 is 0 Å². The molecule has 0 radical (unpaired) electrons. The van der Waals surface area contributed by atoms with Crippen molar-refractivity contribution in [2.45, 2.75) is 44.3 Å². The molecule has 2 aliphatic rings. The van der Waals surface area contributed by atoms with Gasteiger partial charge in [-0.05, 0) is 49.9 Å². The summed E-state index contributed by atoms with van der Waals surface area (Å²) in [4.78, 5) is 14.5. The maximum absolute atomic E-state index is 12.2. The van der Waals surface area contributed by atoms with E-state index in [1.165, 1.54) is 5.56 Å². The molecule has 19 heavy (non-hydrogen) atoms. The maximum Gasteiger partial charge on any atom is 0.237 e. The third kappa shape index (κ3) is 3.37. The molecule has 1 heterocycles. The van der Waals surface area contributed by atoms with Crippen LogP contribution in [0.2, 0.25) is 0 Å². The fourth-order valence-electron chi connectivity index (χ4n) is 2.66. The minimum atomic E-state index is 0.0734. The van der Waals surface area contributed by atoms with Crippen LogP contribution >= 0.6 is 15.9 Å². The summed E-state index contributed by atoms with van der Waals surface area (Å²) in [5.74, 6) is 0.233. The number of carbonyl (C=O) groups is 1. The highest BCUT2D eigenvalue weighted by atomic mass is 79.9. The quantitative estimate of drug-likeness (QED) is 0.924. The predicted molar refractivity (Wildman–Crippen MR) is 78.7 cm³/mol. The summed E-state index contributed by atoms with van der Waals surface area (Å²) < 4.78 is 1.10. The van der Waals surface area contributed by atoms with Gasteiger partial charge in [0.15, 0.2) is 0 Å². The van der Waals surface area contributed by atoms with E-state index >= 15 is 0 Å². The molecule has 1 saturated heterocycles. The number of rotatable bonds is 4. The average molecular weight is 323 g/mol. The van der Waals surface area contributed by atoms with Crippen molar-refractivity contribution >= 4 is 21.8 Å². The highest BCUT2D eigenvalue weighted by molar-refractivity contribution is 9.10. The minimum Gasteiger partial charge on any atom is -0.352 e.